The number of carbonyl (C=O) groups is 2. The van der Waals surface area contributed by atoms with Gasteiger partial charge in [-0.3, -0.25) is 9.69 Å². The number of carboxylic acid groups (broad SMARTS) is 2. The molecular formula is C25H31NO8. The van der Waals surface area contributed by atoms with E-state index < -0.39 is 35.5 Å². The van der Waals surface area contributed by atoms with Gasteiger partial charge in [-0.25, -0.2) is 4.79 Å². The number of phenols is 1. The van der Waals surface area contributed by atoms with Crippen LogP contribution < -0.4 is 4.74 Å². The van der Waals surface area contributed by atoms with Crippen LogP contribution in [0.4, 0.5) is 0 Å². The summed E-state index contributed by atoms with van der Waals surface area (Å²) in [6.07, 6.45) is 3.24. The first-order valence-corrected chi connectivity index (χ1v) is 11.9. The summed E-state index contributed by atoms with van der Waals surface area (Å²) < 4.78 is 6.29. The Balaban J connectivity index is 0.000000231. The van der Waals surface area contributed by atoms with Crippen LogP contribution in [0.5, 0.6) is 11.5 Å². The number of hydrogen-bond donors (Lipinski definition) is 5. The Morgan fingerprint density at radius 2 is 1.97 bits per heavy atom. The molecule has 184 valence electrons. The number of benzene rings is 1. The first-order chi connectivity index (χ1) is 16.1. The molecule has 2 aliphatic heterocycles. The number of ether oxygens (including phenoxy) is 1. The number of carboxylic acids is 2. The van der Waals surface area contributed by atoms with Crippen LogP contribution in [0.2, 0.25) is 0 Å². The van der Waals surface area contributed by atoms with Crippen LogP contribution in [0.1, 0.15) is 49.7 Å². The molecule has 3 aliphatic carbocycles. The van der Waals surface area contributed by atoms with Crippen molar-refractivity contribution in [3.8, 4) is 11.5 Å². The van der Waals surface area contributed by atoms with Crippen LogP contribution in [0.25, 0.3) is 0 Å². The number of aliphatic carboxylic acids is 2. The van der Waals surface area contributed by atoms with Gasteiger partial charge in [0.1, 0.15) is 6.10 Å². The van der Waals surface area contributed by atoms with E-state index in [0.717, 1.165) is 55.8 Å². The van der Waals surface area contributed by atoms with Crippen LogP contribution in [0, 0.1) is 5.92 Å². The lowest BCUT2D eigenvalue weighted by atomic mass is 9.48. The van der Waals surface area contributed by atoms with Crippen LogP contribution in [-0.2, 0) is 21.4 Å². The van der Waals surface area contributed by atoms with Gasteiger partial charge in [0.05, 0.1) is 17.4 Å². The van der Waals surface area contributed by atoms with E-state index in [-0.39, 0.29) is 17.9 Å². The highest BCUT2D eigenvalue weighted by Crippen LogP contribution is 2.66. The van der Waals surface area contributed by atoms with Crippen molar-refractivity contribution in [3.63, 3.8) is 0 Å². The van der Waals surface area contributed by atoms with Gasteiger partial charge in [-0.2, -0.15) is 0 Å². The van der Waals surface area contributed by atoms with Crippen LogP contribution >= 0.6 is 0 Å². The first kappa shape index (κ1) is 23.1. The molecule has 1 unspecified atom stereocenters. The van der Waals surface area contributed by atoms with Gasteiger partial charge >= 0.3 is 11.9 Å². The number of aliphatic hydroxyl groups excluding tert-OH is 1. The molecule has 9 heteroatoms. The highest BCUT2D eigenvalue weighted by atomic mass is 16.5. The van der Waals surface area contributed by atoms with Crippen molar-refractivity contribution in [1.82, 2.24) is 4.90 Å². The number of rotatable bonds is 5. The maximum absolute atomic E-state index is 12.1. The molecule has 5 N–H and O–H groups in total. The average Bonchev–Trinajstić information content (AvgIpc) is 3.51. The summed E-state index contributed by atoms with van der Waals surface area (Å²) >= 11 is 0. The molecular weight excluding hydrogens is 442 g/mol. The van der Waals surface area contributed by atoms with Gasteiger partial charge in [-0.1, -0.05) is 12.6 Å². The fourth-order valence-electron chi connectivity index (χ4n) is 6.64. The molecule has 6 rings (SSSR count). The van der Waals surface area contributed by atoms with Gasteiger partial charge in [0.25, 0.3) is 0 Å². The van der Waals surface area contributed by atoms with E-state index in [1.165, 1.54) is 18.4 Å². The van der Waals surface area contributed by atoms with Crippen LogP contribution in [0.15, 0.2) is 24.3 Å². The second-order valence-corrected chi connectivity index (χ2v) is 10.4. The molecule has 1 aromatic carbocycles. The molecule has 3 fully saturated rings. The van der Waals surface area contributed by atoms with Crippen molar-refractivity contribution in [3.05, 3.63) is 35.4 Å². The first-order valence-electron chi connectivity index (χ1n) is 11.9. The molecule has 34 heavy (non-hydrogen) atoms. The van der Waals surface area contributed by atoms with Gasteiger partial charge in [0.2, 0.25) is 0 Å². The van der Waals surface area contributed by atoms with Crippen molar-refractivity contribution in [2.45, 2.75) is 74.2 Å². The minimum atomic E-state index is -1.79. The summed E-state index contributed by atoms with van der Waals surface area (Å²) in [5, 5.41) is 46.6. The van der Waals surface area contributed by atoms with E-state index in [4.69, 9.17) is 20.1 Å². The fraction of sp³-hybridized carbons (Fsp3) is 0.600. The van der Waals surface area contributed by atoms with Crippen LogP contribution in [-0.4, -0.2) is 79.3 Å². The van der Waals surface area contributed by atoms with Crippen molar-refractivity contribution >= 4 is 11.9 Å². The average molecular weight is 474 g/mol. The zero-order valence-electron chi connectivity index (χ0n) is 18.9. The molecule has 9 nitrogen and oxygen atoms in total. The molecule has 0 amide bonds. The molecule has 1 aromatic rings. The Labute approximate surface area is 197 Å². The van der Waals surface area contributed by atoms with Gasteiger partial charge in [-0.15, -0.1) is 0 Å². The third kappa shape index (κ3) is 3.32. The normalized spacial score (nSPS) is 33.8. The summed E-state index contributed by atoms with van der Waals surface area (Å²) in [6, 6.07) is 3.96. The summed E-state index contributed by atoms with van der Waals surface area (Å²) in [6.45, 7) is 6.40. The van der Waals surface area contributed by atoms with Gasteiger partial charge in [-0.05, 0) is 68.2 Å². The summed E-state index contributed by atoms with van der Waals surface area (Å²) in [5.74, 6) is -1.21. The predicted octanol–water partition coefficient (Wildman–Crippen LogP) is 1.42. The lowest BCUT2D eigenvalue weighted by Crippen LogP contribution is -2.75. The smallest absolute Gasteiger partial charge is 0.333 e. The number of piperidine rings is 1. The van der Waals surface area contributed by atoms with E-state index in [1.807, 2.05) is 6.07 Å². The summed E-state index contributed by atoms with van der Waals surface area (Å²) in [7, 11) is 0. The maximum Gasteiger partial charge on any atom is 0.333 e. The van der Waals surface area contributed by atoms with Gasteiger partial charge in [0, 0.05) is 18.2 Å². The molecule has 2 bridgehead atoms. The van der Waals surface area contributed by atoms with E-state index in [2.05, 4.69) is 11.5 Å². The second kappa shape index (κ2) is 7.96. The largest absolute Gasteiger partial charge is 0.504 e. The topological polar surface area (TPSA) is 148 Å². The van der Waals surface area contributed by atoms with Crippen molar-refractivity contribution in [2.75, 3.05) is 13.1 Å². The van der Waals surface area contributed by atoms with E-state index >= 15 is 0 Å². The fourth-order valence-corrected chi connectivity index (χ4v) is 6.64. The molecule has 2 saturated carbocycles. The van der Waals surface area contributed by atoms with E-state index in [0.29, 0.717) is 5.75 Å². The zero-order valence-corrected chi connectivity index (χ0v) is 18.9. The highest BCUT2D eigenvalue weighted by Gasteiger charge is 2.71. The van der Waals surface area contributed by atoms with E-state index in [9.17, 15) is 19.8 Å². The van der Waals surface area contributed by atoms with Crippen molar-refractivity contribution in [2.24, 2.45) is 5.92 Å². The molecule has 0 aromatic heterocycles. The number of phenolic OH excluding ortho intramolecular Hbond substituents is 1. The van der Waals surface area contributed by atoms with Crippen LogP contribution in [0.3, 0.4) is 0 Å². The Morgan fingerprint density at radius 3 is 2.59 bits per heavy atom. The minimum absolute atomic E-state index is 0.157. The minimum Gasteiger partial charge on any atom is -0.504 e. The molecule has 1 saturated heterocycles. The number of hydrogen-bond acceptors (Lipinski definition) is 7. The van der Waals surface area contributed by atoms with Gasteiger partial charge in [0.15, 0.2) is 17.6 Å². The monoisotopic (exact) mass is 473 g/mol. The van der Waals surface area contributed by atoms with Crippen molar-refractivity contribution in [1.29, 1.82) is 0 Å². The SMILES string of the molecule is C=C1CC[C@@]2(O)[C@H]3Cc4ccc(O)c5c4[C@@]2(CCN3CC2CC2)[C@H]1O5.O=C(O)CC(O)C(=O)O. The molecule has 5 aliphatic rings. The summed E-state index contributed by atoms with van der Waals surface area (Å²) in [4.78, 5) is 22.0. The molecule has 1 spiro atoms. The standard InChI is InChI=1S/C21H25NO3.C4H6O5/c1-12-6-7-21(24)16-10-14-4-5-15(23)18-17(14)20(21,19(12)25-18)8-9-22(16)11-13-2-3-13;5-2(4(8)9)1-3(6)7/h4-5,13,16,19,23-24H,1-3,6-11H2;2,5H,1H2,(H,6,7)(H,8,9)/t16-,19+,20+,21-;/m1./s1. The Bertz CT molecular complexity index is 1050. The maximum atomic E-state index is 12.1. The number of aromatic hydroxyl groups is 1. The zero-order chi connectivity index (χ0) is 24.4. The molecule has 5 atom stereocenters. The Hall–Kier alpha value is -2.62. The quantitative estimate of drug-likeness (QED) is 0.400. The number of aliphatic hydroxyl groups is 2. The lowest BCUT2D eigenvalue weighted by Gasteiger charge is -2.63. The predicted molar refractivity (Wildman–Crippen MR) is 120 cm³/mol. The van der Waals surface area contributed by atoms with Crippen molar-refractivity contribution < 1.29 is 39.9 Å². The molecule has 2 heterocycles. The molecule has 0 radical (unpaired) electrons. The number of likely N-dealkylation sites (tertiary alicyclic amines) is 1. The highest BCUT2D eigenvalue weighted by molar-refractivity contribution is 5.79. The third-order valence-corrected chi connectivity index (χ3v) is 8.36. The number of nitrogens with zero attached hydrogens (tertiary/aromatic N) is 1. The lowest BCUT2D eigenvalue weighted by molar-refractivity contribution is -0.174. The van der Waals surface area contributed by atoms with Gasteiger partial charge < -0.3 is 30.3 Å². The van der Waals surface area contributed by atoms with E-state index in [1.54, 1.807) is 6.07 Å². The Morgan fingerprint density at radius 1 is 1.24 bits per heavy atom. The Kier molecular flexibility index (Phi) is 5.42. The third-order valence-electron chi connectivity index (χ3n) is 8.36. The summed E-state index contributed by atoms with van der Waals surface area (Å²) in [5.41, 5.74) is 2.21. The second-order valence-electron chi connectivity index (χ2n) is 10.4.